The average Bonchev–Trinajstić information content (AvgIpc) is 2.97. The molecule has 4 heteroatoms. The molecule has 1 aliphatic heterocycles. The summed E-state index contributed by atoms with van der Waals surface area (Å²) in [6.45, 7) is 11.7. The van der Waals surface area contributed by atoms with Gasteiger partial charge in [-0.25, -0.2) is 0 Å². The number of unbranched alkanes of at least 4 members (excludes halogenated alkanes) is 2. The zero-order chi connectivity index (χ0) is 18.2. The average molecular weight is 342 g/mol. The van der Waals surface area contributed by atoms with E-state index in [0.717, 1.165) is 11.8 Å². The predicted molar refractivity (Wildman–Crippen MR) is 99.8 cm³/mol. The van der Waals surface area contributed by atoms with Gasteiger partial charge in [-0.1, -0.05) is 66.2 Å². The fraction of sp³-hybridized carbons (Fsp3) is 0.900. The molecule has 24 heavy (non-hydrogen) atoms. The maximum Gasteiger partial charge on any atom is 0.314 e. The Kier molecular flexibility index (Phi) is 15.0. The smallest absolute Gasteiger partial charge is 0.314 e. The van der Waals surface area contributed by atoms with Crippen molar-refractivity contribution in [2.24, 2.45) is 11.8 Å². The van der Waals surface area contributed by atoms with Crippen LogP contribution < -0.4 is 5.32 Å². The van der Waals surface area contributed by atoms with E-state index in [4.69, 9.17) is 0 Å². The van der Waals surface area contributed by atoms with E-state index in [-0.39, 0.29) is 12.8 Å². The molecule has 0 aliphatic carbocycles. The monoisotopic (exact) mass is 341 g/mol. The fourth-order valence-corrected chi connectivity index (χ4v) is 2.81. The van der Waals surface area contributed by atoms with Crippen LogP contribution in [0.1, 0.15) is 91.9 Å². The van der Waals surface area contributed by atoms with Gasteiger partial charge in [0.1, 0.15) is 0 Å². The summed E-state index contributed by atoms with van der Waals surface area (Å²) in [7, 11) is 0. The number of carbonyl (C=O) groups is 2. The van der Waals surface area contributed by atoms with Gasteiger partial charge < -0.3 is 10.1 Å². The summed E-state index contributed by atoms with van der Waals surface area (Å²) in [6.07, 6.45) is 11.5. The Balaban J connectivity index is 0.000000620. The summed E-state index contributed by atoms with van der Waals surface area (Å²) < 4.78 is 4.08. The molecule has 0 aromatic heterocycles. The second-order valence-corrected chi connectivity index (χ2v) is 6.84. The number of hydrogen-bond donors (Lipinski definition) is 1. The normalized spacial score (nSPS) is 16.3. The van der Waals surface area contributed by atoms with Crippen LogP contribution in [-0.4, -0.2) is 25.0 Å². The number of carbonyl (C=O) groups excluding carboxylic acids is 2. The molecule has 1 fully saturated rings. The molecule has 0 spiro atoms. The highest BCUT2D eigenvalue weighted by Crippen LogP contribution is 2.14. The number of ether oxygens (including phenoxy) is 1. The molecule has 0 amide bonds. The highest BCUT2D eigenvalue weighted by Gasteiger charge is 2.19. The summed E-state index contributed by atoms with van der Waals surface area (Å²) >= 11 is 0. The van der Waals surface area contributed by atoms with Gasteiger partial charge >= 0.3 is 11.9 Å². The molecule has 0 saturated carbocycles. The van der Waals surface area contributed by atoms with Crippen molar-refractivity contribution in [3.63, 3.8) is 0 Å². The van der Waals surface area contributed by atoms with Crippen LogP contribution in [0.5, 0.6) is 0 Å². The molecule has 0 aromatic rings. The number of hydrogen-bond acceptors (Lipinski definition) is 4. The first kappa shape index (κ1) is 23.1. The maximum absolute atomic E-state index is 10.0. The van der Waals surface area contributed by atoms with Crippen LogP contribution >= 0.6 is 0 Å². The van der Waals surface area contributed by atoms with Crippen molar-refractivity contribution in [1.29, 1.82) is 0 Å². The van der Waals surface area contributed by atoms with Crippen LogP contribution in [0.2, 0.25) is 0 Å². The topological polar surface area (TPSA) is 55.4 Å². The quantitative estimate of drug-likeness (QED) is 0.407. The van der Waals surface area contributed by atoms with Crippen molar-refractivity contribution in [2.45, 2.75) is 91.9 Å². The second-order valence-electron chi connectivity index (χ2n) is 6.84. The van der Waals surface area contributed by atoms with E-state index in [9.17, 15) is 9.59 Å². The lowest BCUT2D eigenvalue weighted by molar-refractivity contribution is -0.151. The number of rotatable bonds is 12. The van der Waals surface area contributed by atoms with Crippen LogP contribution in [0.4, 0.5) is 0 Å². The minimum Gasteiger partial charge on any atom is -0.393 e. The van der Waals surface area contributed by atoms with E-state index < -0.39 is 11.9 Å². The highest BCUT2D eigenvalue weighted by atomic mass is 16.6. The largest absolute Gasteiger partial charge is 0.393 e. The molecule has 1 aliphatic rings. The highest BCUT2D eigenvalue weighted by molar-refractivity contribution is 5.92. The zero-order valence-electron chi connectivity index (χ0n) is 16.4. The molecule has 1 saturated heterocycles. The first-order chi connectivity index (χ1) is 11.6. The van der Waals surface area contributed by atoms with Crippen LogP contribution in [0, 0.1) is 11.8 Å². The Bertz CT molecular complexity index is 301. The van der Waals surface area contributed by atoms with Crippen molar-refractivity contribution < 1.29 is 14.3 Å². The van der Waals surface area contributed by atoms with Gasteiger partial charge in [0, 0.05) is 0 Å². The van der Waals surface area contributed by atoms with E-state index in [2.05, 4.69) is 37.7 Å². The Labute approximate surface area is 149 Å². The Hall–Kier alpha value is -0.900. The summed E-state index contributed by atoms with van der Waals surface area (Å²) in [4.78, 5) is 20.0. The third-order valence-electron chi connectivity index (χ3n) is 4.71. The van der Waals surface area contributed by atoms with Gasteiger partial charge in [-0.05, 0) is 37.8 Å². The van der Waals surface area contributed by atoms with E-state index in [1.165, 1.54) is 64.5 Å². The first-order valence-electron chi connectivity index (χ1n) is 10.0. The maximum atomic E-state index is 10.0. The Morgan fingerprint density at radius 3 is 1.50 bits per heavy atom. The molecular formula is C20H39NO3. The summed E-state index contributed by atoms with van der Waals surface area (Å²) in [5.41, 5.74) is 0. The third kappa shape index (κ3) is 12.5. The second kappa shape index (κ2) is 15.6. The van der Waals surface area contributed by atoms with Crippen molar-refractivity contribution in [2.75, 3.05) is 13.1 Å². The van der Waals surface area contributed by atoms with Crippen molar-refractivity contribution >= 4 is 11.9 Å². The minimum atomic E-state index is -0.398. The number of esters is 2. The van der Waals surface area contributed by atoms with Gasteiger partial charge in [-0.15, -0.1) is 0 Å². The van der Waals surface area contributed by atoms with Crippen LogP contribution in [0.3, 0.4) is 0 Å². The Morgan fingerprint density at radius 1 is 0.833 bits per heavy atom. The van der Waals surface area contributed by atoms with Crippen LogP contribution in [0.15, 0.2) is 0 Å². The van der Waals surface area contributed by atoms with Crippen molar-refractivity contribution in [3.05, 3.63) is 0 Å². The Morgan fingerprint density at radius 2 is 1.25 bits per heavy atom. The molecule has 1 heterocycles. The molecule has 4 nitrogen and oxygen atoms in total. The summed E-state index contributed by atoms with van der Waals surface area (Å²) in [5.74, 6) is 1.01. The summed E-state index contributed by atoms with van der Waals surface area (Å²) in [5, 5.41) is 3.71. The van der Waals surface area contributed by atoms with Crippen LogP contribution in [0.25, 0.3) is 0 Å². The summed E-state index contributed by atoms with van der Waals surface area (Å²) in [6, 6.07) is 0. The lowest BCUT2D eigenvalue weighted by Gasteiger charge is -2.19. The van der Waals surface area contributed by atoms with E-state index >= 15 is 0 Å². The van der Waals surface area contributed by atoms with E-state index in [0.29, 0.717) is 0 Å². The van der Waals surface area contributed by atoms with Crippen LogP contribution in [-0.2, 0) is 14.3 Å². The lowest BCUT2D eigenvalue weighted by atomic mass is 9.97. The first-order valence-corrected chi connectivity index (χ1v) is 10.0. The lowest BCUT2D eigenvalue weighted by Crippen LogP contribution is -2.28. The standard InChI is InChI=1S/C16H35N.C4H4O3/c1-5-9-11-15(7-3)13-17-14-16(8-4)12-10-6-2;5-3-1-2-4(6)7-3/h15-17H,5-14H2,1-4H3;1-2H2. The molecule has 0 aromatic carbocycles. The van der Waals surface area contributed by atoms with Crippen molar-refractivity contribution in [3.8, 4) is 0 Å². The fourth-order valence-electron chi connectivity index (χ4n) is 2.81. The SMILES string of the molecule is CCCCC(CC)CNCC(CC)CCCC.O=C1CCC(=O)O1. The van der Waals surface area contributed by atoms with Gasteiger partial charge in [0.25, 0.3) is 0 Å². The van der Waals surface area contributed by atoms with Gasteiger partial charge in [0.05, 0.1) is 12.8 Å². The van der Waals surface area contributed by atoms with E-state index in [1.807, 2.05) is 0 Å². The molecule has 0 bridgehead atoms. The molecule has 1 N–H and O–H groups in total. The van der Waals surface area contributed by atoms with Gasteiger partial charge in [-0.3, -0.25) is 9.59 Å². The molecule has 0 radical (unpaired) electrons. The minimum absolute atomic E-state index is 0.263. The molecule has 142 valence electrons. The molecule has 2 unspecified atom stereocenters. The van der Waals surface area contributed by atoms with Gasteiger partial charge in [-0.2, -0.15) is 0 Å². The molecule has 2 atom stereocenters. The number of nitrogens with one attached hydrogen (secondary N) is 1. The number of cyclic esters (lactones) is 2. The van der Waals surface area contributed by atoms with E-state index in [1.54, 1.807) is 0 Å². The van der Waals surface area contributed by atoms with Gasteiger partial charge in [0.15, 0.2) is 0 Å². The zero-order valence-corrected chi connectivity index (χ0v) is 16.4. The third-order valence-corrected chi connectivity index (χ3v) is 4.71. The predicted octanol–water partition coefficient (Wildman–Crippen LogP) is 4.86. The molecule has 1 rings (SSSR count). The molecular weight excluding hydrogens is 302 g/mol. The van der Waals surface area contributed by atoms with Gasteiger partial charge in [0.2, 0.25) is 0 Å². The van der Waals surface area contributed by atoms with Crippen molar-refractivity contribution in [1.82, 2.24) is 5.32 Å².